The summed E-state index contributed by atoms with van der Waals surface area (Å²) < 4.78 is 23.4. The van der Waals surface area contributed by atoms with Crippen LogP contribution in [0.3, 0.4) is 0 Å². The van der Waals surface area contributed by atoms with Crippen molar-refractivity contribution < 1.29 is 8.76 Å². The first kappa shape index (κ1) is 17.2. The molecule has 0 radical (unpaired) electrons. The fraction of sp³-hybridized carbons (Fsp3) is 1.00. The maximum atomic E-state index is 11.7. The van der Waals surface area contributed by atoms with Gasteiger partial charge in [-0.1, -0.05) is 77.3 Å². The smallest absolute Gasteiger partial charge is 0.0251 e. The van der Waals surface area contributed by atoms with E-state index in [0.717, 1.165) is 19.3 Å². The Labute approximate surface area is 122 Å². The van der Waals surface area contributed by atoms with Gasteiger partial charge in [-0.3, -0.25) is 4.21 Å². The molecule has 0 amide bonds. The Morgan fingerprint density at radius 2 is 1.89 bits per heavy atom. The van der Waals surface area contributed by atoms with Crippen LogP contribution in [0.2, 0.25) is 0 Å². The summed E-state index contributed by atoms with van der Waals surface area (Å²) in [5.41, 5.74) is 0.185. The first-order valence-corrected chi connectivity index (χ1v) is 9.18. The summed E-state index contributed by atoms with van der Waals surface area (Å²) in [6.07, 6.45) is 9.00. The van der Waals surface area contributed by atoms with Crippen LogP contribution in [0.1, 0.15) is 79.1 Å². The predicted molar refractivity (Wildman–Crippen MR) is 81.8 cm³/mol. The molecule has 1 saturated carbocycles. The van der Waals surface area contributed by atoms with Crippen molar-refractivity contribution in [3.05, 3.63) is 0 Å². The molecule has 1 aliphatic rings. The maximum absolute atomic E-state index is 11.7. The van der Waals surface area contributed by atoms with Crippen molar-refractivity contribution in [1.29, 1.82) is 0 Å². The molecule has 1 rings (SSSR count). The third-order valence-electron chi connectivity index (χ3n) is 5.37. The highest BCUT2D eigenvalue weighted by Crippen LogP contribution is 2.47. The molecule has 0 N–H and O–H groups in total. The molecule has 0 aromatic heterocycles. The molecule has 19 heavy (non-hydrogen) atoms. The number of hydrogen-bond donors (Lipinski definition) is 0. The van der Waals surface area contributed by atoms with Crippen molar-refractivity contribution in [3.8, 4) is 0 Å². The normalized spacial score (nSPS) is 33.4. The van der Waals surface area contributed by atoms with Gasteiger partial charge in [-0.25, -0.2) is 0 Å². The molecule has 1 fully saturated rings. The van der Waals surface area contributed by atoms with Gasteiger partial charge in [-0.2, -0.15) is 0 Å². The molecule has 0 saturated heterocycles. The SMILES string of the molecule is CCCCC(C)(CC)C1C(C)CCCCC1S(=O)[O-]. The second-order valence-corrected chi connectivity index (χ2v) is 7.82. The second-order valence-electron chi connectivity index (χ2n) is 6.70. The highest BCUT2D eigenvalue weighted by Gasteiger charge is 2.41. The molecule has 0 aromatic rings. The Balaban J connectivity index is 3.00. The average Bonchev–Trinajstić information content (AvgIpc) is 2.58. The molecular formula is C16H31O2S-. The van der Waals surface area contributed by atoms with Gasteiger partial charge in [-0.15, -0.1) is 0 Å². The largest absolute Gasteiger partial charge is 0.772 e. The molecule has 3 heteroatoms. The summed E-state index contributed by atoms with van der Waals surface area (Å²) in [5.74, 6) is 0.872. The van der Waals surface area contributed by atoms with Crippen molar-refractivity contribution in [2.45, 2.75) is 84.3 Å². The van der Waals surface area contributed by atoms with E-state index >= 15 is 0 Å². The van der Waals surface area contributed by atoms with Crippen LogP contribution in [0.15, 0.2) is 0 Å². The summed E-state index contributed by atoms with van der Waals surface area (Å²) in [5, 5.41) is -0.126. The zero-order chi connectivity index (χ0) is 14.5. The predicted octanol–water partition coefficient (Wildman–Crippen LogP) is 4.67. The van der Waals surface area contributed by atoms with Crippen molar-refractivity contribution in [1.82, 2.24) is 0 Å². The summed E-state index contributed by atoms with van der Waals surface area (Å²) in [7, 11) is 0. The standard InChI is InChI=1S/C16H32O2S/c1-5-7-12-16(4,6-2)15-13(3)10-8-9-11-14(15)19(17)18/h13-15H,5-12H2,1-4H3,(H,17,18)/p-1. The molecule has 0 heterocycles. The van der Waals surface area contributed by atoms with Gasteiger partial charge in [0.2, 0.25) is 0 Å². The van der Waals surface area contributed by atoms with E-state index in [2.05, 4.69) is 27.7 Å². The van der Waals surface area contributed by atoms with Crippen LogP contribution >= 0.6 is 0 Å². The van der Waals surface area contributed by atoms with E-state index in [4.69, 9.17) is 0 Å². The Bertz CT molecular complexity index is 292. The minimum absolute atomic E-state index is 0.126. The topological polar surface area (TPSA) is 40.1 Å². The highest BCUT2D eigenvalue weighted by molar-refractivity contribution is 7.79. The van der Waals surface area contributed by atoms with Crippen LogP contribution in [0, 0.1) is 17.3 Å². The van der Waals surface area contributed by atoms with Gasteiger partial charge in [0.1, 0.15) is 0 Å². The number of rotatable bonds is 6. The van der Waals surface area contributed by atoms with Crippen LogP contribution in [0.5, 0.6) is 0 Å². The van der Waals surface area contributed by atoms with Crippen molar-refractivity contribution >= 4 is 11.1 Å². The van der Waals surface area contributed by atoms with Gasteiger partial charge in [-0.05, 0) is 30.1 Å². The number of hydrogen-bond acceptors (Lipinski definition) is 2. The fourth-order valence-electron chi connectivity index (χ4n) is 4.05. The Morgan fingerprint density at radius 3 is 2.42 bits per heavy atom. The van der Waals surface area contributed by atoms with Gasteiger partial charge in [0.25, 0.3) is 0 Å². The molecule has 1 aliphatic carbocycles. The van der Waals surface area contributed by atoms with Crippen LogP contribution in [-0.2, 0) is 11.1 Å². The van der Waals surface area contributed by atoms with Crippen LogP contribution in [0.4, 0.5) is 0 Å². The fourth-order valence-corrected chi connectivity index (χ4v) is 5.24. The van der Waals surface area contributed by atoms with Crippen LogP contribution in [-0.4, -0.2) is 14.0 Å². The molecule has 0 bridgehead atoms. The molecule has 0 aliphatic heterocycles. The lowest BCUT2D eigenvalue weighted by Gasteiger charge is -2.45. The van der Waals surface area contributed by atoms with E-state index in [1.54, 1.807) is 0 Å². The Hall–Kier alpha value is 0.110. The summed E-state index contributed by atoms with van der Waals surface area (Å²) in [6.45, 7) is 9.05. The average molecular weight is 287 g/mol. The molecule has 0 aromatic carbocycles. The zero-order valence-corrected chi connectivity index (χ0v) is 13.9. The minimum Gasteiger partial charge on any atom is -0.772 e. The van der Waals surface area contributed by atoms with E-state index < -0.39 is 11.1 Å². The monoisotopic (exact) mass is 287 g/mol. The summed E-state index contributed by atoms with van der Waals surface area (Å²) in [6, 6.07) is 0. The second kappa shape index (κ2) is 7.78. The van der Waals surface area contributed by atoms with E-state index in [-0.39, 0.29) is 10.7 Å². The number of unbranched alkanes of at least 4 members (excludes halogenated alkanes) is 1. The van der Waals surface area contributed by atoms with Gasteiger partial charge in [0, 0.05) is 5.25 Å². The van der Waals surface area contributed by atoms with E-state index in [1.165, 1.54) is 32.1 Å². The molecule has 2 nitrogen and oxygen atoms in total. The third-order valence-corrected chi connectivity index (χ3v) is 6.40. The molecular weight excluding hydrogens is 256 g/mol. The van der Waals surface area contributed by atoms with E-state index in [9.17, 15) is 8.76 Å². The maximum Gasteiger partial charge on any atom is 0.0251 e. The van der Waals surface area contributed by atoms with Gasteiger partial charge in [0.15, 0.2) is 0 Å². The van der Waals surface area contributed by atoms with Crippen molar-refractivity contribution in [3.63, 3.8) is 0 Å². The third kappa shape index (κ3) is 4.29. The van der Waals surface area contributed by atoms with E-state index in [0.29, 0.717) is 11.8 Å². The summed E-state index contributed by atoms with van der Waals surface area (Å²) in [4.78, 5) is 0. The highest BCUT2D eigenvalue weighted by atomic mass is 32.2. The molecule has 0 spiro atoms. The van der Waals surface area contributed by atoms with Gasteiger partial charge >= 0.3 is 0 Å². The first-order chi connectivity index (χ1) is 8.96. The Morgan fingerprint density at radius 1 is 1.26 bits per heavy atom. The van der Waals surface area contributed by atoms with Crippen LogP contribution < -0.4 is 0 Å². The van der Waals surface area contributed by atoms with Crippen molar-refractivity contribution in [2.24, 2.45) is 17.3 Å². The van der Waals surface area contributed by atoms with Gasteiger partial charge < -0.3 is 4.55 Å². The lowest BCUT2D eigenvalue weighted by molar-refractivity contribution is 0.0996. The minimum atomic E-state index is -1.92. The summed E-state index contributed by atoms with van der Waals surface area (Å²) >= 11 is -1.92. The Kier molecular flexibility index (Phi) is 7.02. The van der Waals surface area contributed by atoms with E-state index in [1.807, 2.05) is 0 Å². The molecule has 5 atom stereocenters. The lowest BCUT2D eigenvalue weighted by atomic mass is 9.65. The zero-order valence-electron chi connectivity index (χ0n) is 13.1. The quantitative estimate of drug-likeness (QED) is 0.526. The van der Waals surface area contributed by atoms with Crippen molar-refractivity contribution in [2.75, 3.05) is 0 Å². The molecule has 114 valence electrons. The first-order valence-electron chi connectivity index (χ1n) is 8.04. The lowest BCUT2D eigenvalue weighted by Crippen LogP contribution is -2.41. The van der Waals surface area contributed by atoms with Crippen LogP contribution in [0.25, 0.3) is 0 Å². The van der Waals surface area contributed by atoms with Gasteiger partial charge in [0.05, 0.1) is 0 Å². The molecule has 5 unspecified atom stereocenters.